The third-order valence-electron chi connectivity index (χ3n) is 2.58. The number of rotatable bonds is 4. The first-order chi connectivity index (χ1) is 8.10. The van der Waals surface area contributed by atoms with E-state index in [1.165, 1.54) is 0 Å². The van der Waals surface area contributed by atoms with Gasteiger partial charge < -0.3 is 14.2 Å². The molecule has 0 aromatic rings. The highest BCUT2D eigenvalue weighted by molar-refractivity contribution is 5.76. The van der Waals surface area contributed by atoms with Gasteiger partial charge in [0, 0.05) is 0 Å². The van der Waals surface area contributed by atoms with Gasteiger partial charge in [0.15, 0.2) is 6.10 Å². The largest absolute Gasteiger partial charge is 0.508 e. The van der Waals surface area contributed by atoms with Gasteiger partial charge in [-0.25, -0.2) is 4.79 Å². The van der Waals surface area contributed by atoms with Gasteiger partial charge in [0.2, 0.25) is 0 Å². The van der Waals surface area contributed by atoms with E-state index in [0.29, 0.717) is 0 Å². The van der Waals surface area contributed by atoms with Gasteiger partial charge in [-0.05, 0) is 25.7 Å². The molecule has 5 heteroatoms. The predicted octanol–water partition coefficient (Wildman–Crippen LogP) is 2.53. The lowest BCUT2D eigenvalue weighted by atomic mass is 9.76. The summed E-state index contributed by atoms with van der Waals surface area (Å²) in [4.78, 5) is 22.7. The smallest absolute Gasteiger partial charge is 0.461 e. The molecule has 18 heavy (non-hydrogen) atoms. The molecule has 1 fully saturated rings. The highest BCUT2D eigenvalue weighted by Crippen LogP contribution is 2.34. The standard InChI is InChI=1S/C13H22O5/c1-12(2,3)8-13(4,5)10(14)16-6-9-7-17-11(15)18-9/h9H,6-8H2,1-5H3. The third kappa shape index (κ3) is 4.55. The van der Waals surface area contributed by atoms with E-state index in [9.17, 15) is 9.59 Å². The third-order valence-corrected chi connectivity index (χ3v) is 2.58. The van der Waals surface area contributed by atoms with E-state index in [0.717, 1.165) is 6.42 Å². The first-order valence-corrected chi connectivity index (χ1v) is 6.11. The van der Waals surface area contributed by atoms with Gasteiger partial charge >= 0.3 is 12.1 Å². The summed E-state index contributed by atoms with van der Waals surface area (Å²) in [5.74, 6) is -0.277. The van der Waals surface area contributed by atoms with E-state index in [1.807, 2.05) is 13.8 Å². The Balaban J connectivity index is 2.42. The second-order valence-electron chi connectivity index (χ2n) is 6.52. The van der Waals surface area contributed by atoms with E-state index in [1.54, 1.807) is 0 Å². The molecule has 1 aliphatic rings. The van der Waals surface area contributed by atoms with Crippen LogP contribution in [0.2, 0.25) is 0 Å². The summed E-state index contributed by atoms with van der Waals surface area (Å²) in [7, 11) is 0. The minimum atomic E-state index is -0.704. The van der Waals surface area contributed by atoms with E-state index >= 15 is 0 Å². The maximum Gasteiger partial charge on any atom is 0.508 e. The average molecular weight is 258 g/mol. The van der Waals surface area contributed by atoms with Crippen molar-refractivity contribution < 1.29 is 23.8 Å². The number of hydrogen-bond donors (Lipinski definition) is 0. The molecule has 0 aromatic heterocycles. The number of hydrogen-bond acceptors (Lipinski definition) is 5. The first kappa shape index (κ1) is 14.8. The molecule has 0 saturated carbocycles. The molecule has 1 heterocycles. The second-order valence-corrected chi connectivity index (χ2v) is 6.52. The van der Waals surface area contributed by atoms with Crippen LogP contribution < -0.4 is 0 Å². The molecular formula is C13H22O5. The Hall–Kier alpha value is -1.26. The quantitative estimate of drug-likeness (QED) is 0.725. The molecule has 1 aliphatic heterocycles. The fourth-order valence-corrected chi connectivity index (χ4v) is 2.21. The van der Waals surface area contributed by atoms with Crippen LogP contribution in [0, 0.1) is 10.8 Å². The van der Waals surface area contributed by atoms with Gasteiger partial charge in [-0.3, -0.25) is 4.79 Å². The van der Waals surface area contributed by atoms with Gasteiger partial charge in [-0.15, -0.1) is 0 Å². The van der Waals surface area contributed by atoms with Crippen LogP contribution in [-0.4, -0.2) is 31.4 Å². The highest BCUT2D eigenvalue weighted by atomic mass is 16.8. The van der Waals surface area contributed by atoms with Crippen molar-refractivity contribution in [3.63, 3.8) is 0 Å². The Labute approximate surface area is 108 Å². The van der Waals surface area contributed by atoms with Gasteiger partial charge in [0.1, 0.15) is 13.2 Å². The van der Waals surface area contributed by atoms with Crippen LogP contribution in [0.5, 0.6) is 0 Å². The van der Waals surface area contributed by atoms with Crippen LogP contribution in [0.25, 0.3) is 0 Å². The summed E-state index contributed by atoms with van der Waals surface area (Å²) in [6, 6.07) is 0. The number of carbonyl (C=O) groups excluding carboxylic acids is 2. The molecule has 1 rings (SSSR count). The second kappa shape index (κ2) is 5.16. The number of carbonyl (C=O) groups is 2. The molecule has 1 saturated heterocycles. The zero-order chi connectivity index (χ0) is 14.0. The van der Waals surface area contributed by atoms with E-state index in [2.05, 4.69) is 25.5 Å². The SMILES string of the molecule is CC(C)(C)CC(C)(C)C(=O)OCC1COC(=O)O1. The average Bonchev–Trinajstić information content (AvgIpc) is 2.56. The van der Waals surface area contributed by atoms with Crippen molar-refractivity contribution in [2.75, 3.05) is 13.2 Å². The fraction of sp³-hybridized carbons (Fsp3) is 0.846. The molecule has 0 aliphatic carbocycles. The van der Waals surface area contributed by atoms with Crippen LogP contribution in [0.1, 0.15) is 41.0 Å². The highest BCUT2D eigenvalue weighted by Gasteiger charge is 2.35. The van der Waals surface area contributed by atoms with Gasteiger partial charge in [0.05, 0.1) is 5.41 Å². The summed E-state index contributed by atoms with van der Waals surface area (Å²) < 4.78 is 14.6. The van der Waals surface area contributed by atoms with Crippen molar-refractivity contribution in [2.45, 2.75) is 47.1 Å². The minimum Gasteiger partial charge on any atom is -0.461 e. The van der Waals surface area contributed by atoms with Gasteiger partial charge in [-0.1, -0.05) is 20.8 Å². The van der Waals surface area contributed by atoms with E-state index < -0.39 is 17.7 Å². The summed E-state index contributed by atoms with van der Waals surface area (Å²) in [6.45, 7) is 10.2. The lowest BCUT2D eigenvalue weighted by molar-refractivity contribution is -0.158. The van der Waals surface area contributed by atoms with Crippen molar-refractivity contribution in [3.8, 4) is 0 Å². The van der Waals surface area contributed by atoms with Crippen molar-refractivity contribution in [3.05, 3.63) is 0 Å². The molecule has 0 bridgehead atoms. The first-order valence-electron chi connectivity index (χ1n) is 6.11. The minimum absolute atomic E-state index is 0.0471. The Morgan fingerprint density at radius 3 is 2.39 bits per heavy atom. The normalized spacial score (nSPS) is 20.3. The summed E-state index contributed by atoms with van der Waals surface area (Å²) >= 11 is 0. The van der Waals surface area contributed by atoms with Crippen LogP contribution in [0.15, 0.2) is 0 Å². The van der Waals surface area contributed by atoms with Crippen LogP contribution in [0.4, 0.5) is 4.79 Å². The van der Waals surface area contributed by atoms with E-state index in [4.69, 9.17) is 9.47 Å². The summed E-state index contributed by atoms with van der Waals surface area (Å²) in [5.41, 5.74) is -0.507. The Morgan fingerprint density at radius 2 is 1.94 bits per heavy atom. The topological polar surface area (TPSA) is 61.8 Å². The lowest BCUT2D eigenvalue weighted by Crippen LogP contribution is -2.33. The molecule has 1 atom stereocenters. The van der Waals surface area contributed by atoms with Crippen LogP contribution in [0.3, 0.4) is 0 Å². The van der Waals surface area contributed by atoms with Crippen LogP contribution >= 0.6 is 0 Å². The zero-order valence-electron chi connectivity index (χ0n) is 11.7. The number of cyclic esters (lactones) is 2. The monoisotopic (exact) mass is 258 g/mol. The van der Waals surface area contributed by atoms with E-state index in [-0.39, 0.29) is 24.6 Å². The molecule has 0 amide bonds. The fourth-order valence-electron chi connectivity index (χ4n) is 2.21. The molecule has 0 N–H and O–H groups in total. The van der Waals surface area contributed by atoms with Crippen molar-refractivity contribution >= 4 is 12.1 Å². The van der Waals surface area contributed by atoms with Crippen molar-refractivity contribution in [1.29, 1.82) is 0 Å². The molecule has 1 unspecified atom stereocenters. The van der Waals surface area contributed by atoms with Gasteiger partial charge in [-0.2, -0.15) is 0 Å². The summed E-state index contributed by atoms with van der Waals surface area (Å²) in [6.07, 6.45) is -0.461. The predicted molar refractivity (Wildman–Crippen MR) is 65.0 cm³/mol. The molecule has 0 aromatic carbocycles. The molecule has 5 nitrogen and oxygen atoms in total. The molecule has 0 radical (unpaired) electrons. The molecular weight excluding hydrogens is 236 g/mol. The zero-order valence-corrected chi connectivity index (χ0v) is 11.7. The molecule has 0 spiro atoms. The number of esters is 1. The lowest BCUT2D eigenvalue weighted by Gasteiger charge is -2.30. The Bertz CT molecular complexity index is 327. The number of ether oxygens (including phenoxy) is 3. The van der Waals surface area contributed by atoms with Crippen molar-refractivity contribution in [1.82, 2.24) is 0 Å². The maximum atomic E-state index is 12.0. The Kier molecular flexibility index (Phi) is 4.24. The molecule has 104 valence electrons. The maximum absolute atomic E-state index is 12.0. The van der Waals surface area contributed by atoms with Crippen LogP contribution in [-0.2, 0) is 19.0 Å². The van der Waals surface area contributed by atoms with Crippen molar-refractivity contribution in [2.24, 2.45) is 10.8 Å². The van der Waals surface area contributed by atoms with Gasteiger partial charge in [0.25, 0.3) is 0 Å². The Morgan fingerprint density at radius 1 is 1.33 bits per heavy atom. The summed E-state index contributed by atoms with van der Waals surface area (Å²) in [5, 5.41) is 0.